The Morgan fingerprint density at radius 1 is 1.00 bits per heavy atom. The second-order valence-corrected chi connectivity index (χ2v) is 10.4. The van der Waals surface area contributed by atoms with E-state index in [9.17, 15) is 32.3 Å². The number of carbonyl (C=O) groups is 3. The van der Waals surface area contributed by atoms with Crippen molar-refractivity contribution in [3.05, 3.63) is 88.7 Å². The van der Waals surface area contributed by atoms with Crippen molar-refractivity contribution in [2.75, 3.05) is 17.2 Å². The topological polar surface area (TPSA) is 139 Å². The van der Waals surface area contributed by atoms with E-state index in [2.05, 4.69) is 10.6 Å². The fourth-order valence-electron chi connectivity index (χ4n) is 3.24. The summed E-state index contributed by atoms with van der Waals surface area (Å²) in [5.74, 6) is -2.64. The summed E-state index contributed by atoms with van der Waals surface area (Å²) in [7, 11) is -4.36. The Morgan fingerprint density at radius 2 is 1.65 bits per heavy atom. The molecule has 2 amide bonds. The van der Waals surface area contributed by atoms with Gasteiger partial charge in [-0.25, -0.2) is 17.6 Å². The number of hydrogen-bond acceptors (Lipinski definition) is 6. The third-order valence-electron chi connectivity index (χ3n) is 5.25. The smallest absolute Gasteiger partial charge is 0.411 e. The maximum absolute atomic E-state index is 13.4. The molecule has 0 heterocycles. The standard InChI is InChI=1S/C25H22ClFN2O7S/c1-15-2-7-18(27)14-21(15)29-25(33)36-13-12-22(24(31)32)37(34,35)20-10-8-19(9-11-20)28-23(30)16-3-5-17(26)6-4-16/h2-11,14,22H,12-13H2,1H3,(H,28,30)(H,29,33)(H,31,32). The summed E-state index contributed by atoms with van der Waals surface area (Å²) in [5, 5.41) is 13.0. The number of carbonyl (C=O) groups excluding carboxylic acids is 2. The van der Waals surface area contributed by atoms with Crippen molar-refractivity contribution in [1.29, 1.82) is 0 Å². The number of sulfone groups is 1. The fraction of sp³-hybridized carbons (Fsp3) is 0.160. The van der Waals surface area contributed by atoms with Crippen LogP contribution in [0.1, 0.15) is 22.3 Å². The molecule has 1 unspecified atom stereocenters. The van der Waals surface area contributed by atoms with Gasteiger partial charge >= 0.3 is 12.1 Å². The molecule has 0 spiro atoms. The molecule has 1 atom stereocenters. The molecule has 0 radical (unpaired) electrons. The molecule has 37 heavy (non-hydrogen) atoms. The summed E-state index contributed by atoms with van der Waals surface area (Å²) in [5.41, 5.74) is 1.36. The lowest BCUT2D eigenvalue weighted by atomic mass is 10.2. The van der Waals surface area contributed by atoms with Crippen LogP contribution in [-0.4, -0.2) is 43.4 Å². The lowest BCUT2D eigenvalue weighted by Crippen LogP contribution is -2.32. The molecule has 3 rings (SSSR count). The van der Waals surface area contributed by atoms with E-state index in [-0.39, 0.29) is 10.6 Å². The molecule has 3 N–H and O–H groups in total. The number of ether oxygens (including phenoxy) is 1. The lowest BCUT2D eigenvalue weighted by molar-refractivity contribution is -0.136. The van der Waals surface area contributed by atoms with E-state index in [0.717, 1.165) is 6.07 Å². The Balaban J connectivity index is 1.62. The highest BCUT2D eigenvalue weighted by molar-refractivity contribution is 7.92. The average Bonchev–Trinajstić information content (AvgIpc) is 2.84. The van der Waals surface area contributed by atoms with Crippen LogP contribution in [0, 0.1) is 12.7 Å². The minimum absolute atomic E-state index is 0.163. The van der Waals surface area contributed by atoms with Crippen molar-refractivity contribution in [1.82, 2.24) is 0 Å². The van der Waals surface area contributed by atoms with Crippen molar-refractivity contribution in [2.45, 2.75) is 23.5 Å². The molecule has 3 aromatic rings. The number of halogens is 2. The number of rotatable bonds is 9. The number of aryl methyl sites for hydroxylation is 1. The van der Waals surface area contributed by atoms with Gasteiger partial charge in [-0.3, -0.25) is 14.9 Å². The van der Waals surface area contributed by atoms with Gasteiger partial charge in [-0.1, -0.05) is 17.7 Å². The number of aliphatic carboxylic acids is 1. The van der Waals surface area contributed by atoms with Crippen LogP contribution >= 0.6 is 11.6 Å². The molecular weight excluding hydrogens is 527 g/mol. The quantitative estimate of drug-likeness (QED) is 0.345. The number of carboxylic acids is 1. The Kier molecular flexibility index (Phi) is 8.85. The van der Waals surface area contributed by atoms with E-state index in [1.807, 2.05) is 0 Å². The van der Waals surface area contributed by atoms with Crippen molar-refractivity contribution in [3.63, 3.8) is 0 Å². The molecule has 9 nitrogen and oxygen atoms in total. The Morgan fingerprint density at radius 3 is 2.27 bits per heavy atom. The predicted molar refractivity (Wildman–Crippen MR) is 135 cm³/mol. The lowest BCUT2D eigenvalue weighted by Gasteiger charge is -2.15. The Labute approximate surface area is 217 Å². The third-order valence-corrected chi connectivity index (χ3v) is 7.61. The molecular formula is C25H22ClFN2O7S. The van der Waals surface area contributed by atoms with Gasteiger partial charge in [-0.2, -0.15) is 0 Å². The number of carboxylic acid groups (broad SMARTS) is 1. The molecule has 194 valence electrons. The van der Waals surface area contributed by atoms with Gasteiger partial charge < -0.3 is 15.2 Å². The zero-order valence-electron chi connectivity index (χ0n) is 19.4. The van der Waals surface area contributed by atoms with E-state index in [4.69, 9.17) is 16.3 Å². The molecule has 0 fully saturated rings. The van der Waals surface area contributed by atoms with Crippen molar-refractivity contribution in [2.24, 2.45) is 0 Å². The van der Waals surface area contributed by atoms with Crippen LogP contribution in [0.15, 0.2) is 71.6 Å². The van der Waals surface area contributed by atoms with E-state index in [1.165, 1.54) is 48.5 Å². The highest BCUT2D eigenvalue weighted by Crippen LogP contribution is 2.22. The van der Waals surface area contributed by atoms with Crippen LogP contribution in [-0.2, 0) is 19.4 Å². The van der Waals surface area contributed by atoms with Crippen LogP contribution in [0.3, 0.4) is 0 Å². The van der Waals surface area contributed by atoms with Gasteiger partial charge in [0.2, 0.25) is 0 Å². The van der Waals surface area contributed by atoms with Crippen LogP contribution in [0.2, 0.25) is 5.02 Å². The summed E-state index contributed by atoms with van der Waals surface area (Å²) < 4.78 is 44.1. The predicted octanol–water partition coefficient (Wildman–Crippen LogP) is 4.91. The molecule has 12 heteroatoms. The van der Waals surface area contributed by atoms with Gasteiger partial charge in [0.1, 0.15) is 5.82 Å². The molecule has 0 bridgehead atoms. The van der Waals surface area contributed by atoms with Crippen molar-refractivity contribution in [3.8, 4) is 0 Å². The van der Waals surface area contributed by atoms with Crippen molar-refractivity contribution >= 4 is 50.8 Å². The highest BCUT2D eigenvalue weighted by atomic mass is 35.5. The molecule has 0 aliphatic heterocycles. The first-order valence-corrected chi connectivity index (χ1v) is 12.7. The Bertz CT molecular complexity index is 1410. The van der Waals surface area contributed by atoms with Crippen LogP contribution in [0.5, 0.6) is 0 Å². The van der Waals surface area contributed by atoms with E-state index < -0.39 is 51.9 Å². The number of amides is 2. The number of hydrogen-bond donors (Lipinski definition) is 3. The highest BCUT2D eigenvalue weighted by Gasteiger charge is 2.34. The fourth-order valence-corrected chi connectivity index (χ4v) is 4.88. The minimum atomic E-state index is -4.36. The second-order valence-electron chi connectivity index (χ2n) is 7.87. The van der Waals surface area contributed by atoms with Crippen molar-refractivity contribution < 1.29 is 37.0 Å². The summed E-state index contributed by atoms with van der Waals surface area (Å²) in [6.45, 7) is 1.11. The zero-order chi connectivity index (χ0) is 27.2. The van der Waals surface area contributed by atoms with E-state index in [1.54, 1.807) is 19.1 Å². The normalized spacial score (nSPS) is 11.9. The molecule has 0 saturated carbocycles. The van der Waals surface area contributed by atoms with Crippen LogP contribution < -0.4 is 10.6 Å². The Hall–Kier alpha value is -3.96. The third kappa shape index (κ3) is 7.28. The number of nitrogens with one attached hydrogen (secondary N) is 2. The largest absolute Gasteiger partial charge is 0.480 e. The monoisotopic (exact) mass is 548 g/mol. The van der Waals surface area contributed by atoms with Gasteiger partial charge in [-0.05, 0) is 73.2 Å². The van der Waals surface area contributed by atoms with Crippen LogP contribution in [0.25, 0.3) is 0 Å². The SMILES string of the molecule is Cc1ccc(F)cc1NC(=O)OCCC(C(=O)O)S(=O)(=O)c1ccc(NC(=O)c2ccc(Cl)cc2)cc1. The van der Waals surface area contributed by atoms with Gasteiger partial charge in [-0.15, -0.1) is 0 Å². The molecule has 3 aromatic carbocycles. The van der Waals surface area contributed by atoms with Gasteiger partial charge in [0.15, 0.2) is 15.1 Å². The summed E-state index contributed by atoms with van der Waals surface area (Å²) in [6.07, 6.45) is -1.52. The van der Waals surface area contributed by atoms with Crippen LogP contribution in [0.4, 0.5) is 20.6 Å². The first kappa shape index (κ1) is 27.6. The molecule has 0 aromatic heterocycles. The molecule has 0 aliphatic rings. The molecule has 0 saturated heterocycles. The van der Waals surface area contributed by atoms with Gasteiger partial charge in [0.25, 0.3) is 5.91 Å². The second kappa shape index (κ2) is 11.8. The van der Waals surface area contributed by atoms with E-state index >= 15 is 0 Å². The summed E-state index contributed by atoms with van der Waals surface area (Å²) >= 11 is 5.80. The first-order chi connectivity index (χ1) is 17.5. The summed E-state index contributed by atoms with van der Waals surface area (Å²) in [6, 6.07) is 14.9. The number of benzene rings is 3. The minimum Gasteiger partial charge on any atom is -0.480 e. The maximum Gasteiger partial charge on any atom is 0.411 e. The van der Waals surface area contributed by atoms with Gasteiger partial charge in [0.05, 0.1) is 11.5 Å². The summed E-state index contributed by atoms with van der Waals surface area (Å²) in [4.78, 5) is 35.7. The maximum atomic E-state index is 13.4. The first-order valence-electron chi connectivity index (χ1n) is 10.8. The zero-order valence-corrected chi connectivity index (χ0v) is 21.0. The average molecular weight is 549 g/mol. The number of anilines is 2. The molecule has 0 aliphatic carbocycles. The van der Waals surface area contributed by atoms with E-state index in [0.29, 0.717) is 21.8 Å². The van der Waals surface area contributed by atoms with Gasteiger partial charge in [0, 0.05) is 28.4 Å².